The molecule has 234 valence electrons. The Morgan fingerprint density at radius 2 is 1.47 bits per heavy atom. The molecule has 0 aliphatic rings. The van der Waals surface area contributed by atoms with Crippen LogP contribution in [0.1, 0.15) is 30.5 Å². The first-order valence-corrected chi connectivity index (χ1v) is 15.9. The second kappa shape index (κ2) is 14.6. The van der Waals surface area contributed by atoms with E-state index in [1.807, 2.05) is 75.4 Å². The summed E-state index contributed by atoms with van der Waals surface area (Å²) < 4.78 is 28.9. The second-order valence-corrected chi connectivity index (χ2v) is 12.8. The first-order valence-electron chi connectivity index (χ1n) is 14.5. The summed E-state index contributed by atoms with van der Waals surface area (Å²) in [5.41, 5.74) is 2.19. The maximum atomic E-state index is 14.4. The van der Waals surface area contributed by atoms with Gasteiger partial charge in [-0.2, -0.15) is 0 Å². The second-order valence-electron chi connectivity index (χ2n) is 11.0. The first-order chi connectivity index (χ1) is 21.5. The van der Waals surface area contributed by atoms with Gasteiger partial charge in [-0.3, -0.25) is 24.0 Å². The van der Waals surface area contributed by atoms with Gasteiger partial charge in [0.2, 0.25) is 11.8 Å². The molecule has 0 aromatic heterocycles. The Kier molecular flexibility index (Phi) is 10.7. The number of carbonyl (C=O) groups excluding carboxylic acids is 2. The third kappa shape index (κ3) is 8.54. The number of non-ortho nitro benzene ring substituents is 1. The van der Waals surface area contributed by atoms with Gasteiger partial charge in [-0.25, -0.2) is 8.42 Å². The van der Waals surface area contributed by atoms with Crippen molar-refractivity contribution in [1.82, 2.24) is 10.2 Å². The highest BCUT2D eigenvalue weighted by Crippen LogP contribution is 2.28. The van der Waals surface area contributed by atoms with Crippen LogP contribution in [-0.2, 0) is 32.6 Å². The summed E-state index contributed by atoms with van der Waals surface area (Å²) in [6, 6.07) is 28.2. The first kappa shape index (κ1) is 32.9. The average molecular weight is 629 g/mol. The van der Waals surface area contributed by atoms with Crippen LogP contribution in [0.15, 0.2) is 114 Å². The van der Waals surface area contributed by atoms with E-state index in [4.69, 9.17) is 0 Å². The van der Waals surface area contributed by atoms with Crippen molar-refractivity contribution in [1.29, 1.82) is 0 Å². The molecule has 0 heterocycles. The summed E-state index contributed by atoms with van der Waals surface area (Å²) in [4.78, 5) is 40.4. The Hall–Kier alpha value is -5.03. The molecule has 2 amide bonds. The molecule has 0 aliphatic heterocycles. The fourth-order valence-electron chi connectivity index (χ4n) is 4.84. The predicted molar refractivity (Wildman–Crippen MR) is 173 cm³/mol. The van der Waals surface area contributed by atoms with E-state index in [1.54, 1.807) is 18.2 Å². The monoisotopic (exact) mass is 628 g/mol. The summed E-state index contributed by atoms with van der Waals surface area (Å²) in [5, 5.41) is 14.5. The topological polar surface area (TPSA) is 130 Å². The smallest absolute Gasteiger partial charge is 0.271 e. The third-order valence-corrected chi connectivity index (χ3v) is 8.90. The molecule has 0 fully saturated rings. The van der Waals surface area contributed by atoms with E-state index >= 15 is 0 Å². The molecule has 1 N–H and O–H groups in total. The van der Waals surface area contributed by atoms with Gasteiger partial charge >= 0.3 is 0 Å². The largest absolute Gasteiger partial charge is 0.352 e. The lowest BCUT2D eigenvalue weighted by Crippen LogP contribution is -2.54. The maximum absolute atomic E-state index is 14.4. The lowest BCUT2D eigenvalue weighted by Gasteiger charge is -2.34. The van der Waals surface area contributed by atoms with Gasteiger partial charge in [-0.1, -0.05) is 84.4 Å². The highest BCUT2D eigenvalue weighted by atomic mass is 32.2. The van der Waals surface area contributed by atoms with Crippen molar-refractivity contribution in [2.24, 2.45) is 0 Å². The predicted octanol–water partition coefficient (Wildman–Crippen LogP) is 5.26. The van der Waals surface area contributed by atoms with Gasteiger partial charge in [0.1, 0.15) is 12.6 Å². The molecule has 4 aromatic rings. The van der Waals surface area contributed by atoms with Crippen LogP contribution in [0.3, 0.4) is 0 Å². The zero-order valence-corrected chi connectivity index (χ0v) is 26.2. The summed E-state index contributed by atoms with van der Waals surface area (Å²) in [5.74, 6) is -1.04. The minimum absolute atomic E-state index is 0.0241. The van der Waals surface area contributed by atoms with E-state index in [0.717, 1.165) is 27.1 Å². The van der Waals surface area contributed by atoms with E-state index in [9.17, 15) is 28.1 Å². The van der Waals surface area contributed by atoms with Crippen LogP contribution in [0, 0.1) is 17.0 Å². The number of aryl methyl sites for hydroxylation is 1. The lowest BCUT2D eigenvalue weighted by molar-refractivity contribution is -0.384. The summed E-state index contributed by atoms with van der Waals surface area (Å²) in [7, 11) is -4.36. The molecule has 0 saturated heterocycles. The minimum Gasteiger partial charge on any atom is -0.352 e. The van der Waals surface area contributed by atoms with Gasteiger partial charge in [0.05, 0.1) is 15.5 Å². The third-order valence-electron chi connectivity index (χ3n) is 7.11. The van der Waals surface area contributed by atoms with Crippen LogP contribution in [0.4, 0.5) is 11.4 Å². The van der Waals surface area contributed by atoms with Gasteiger partial charge in [0.25, 0.3) is 15.7 Å². The molecule has 0 aliphatic carbocycles. The number of benzene rings is 4. The van der Waals surface area contributed by atoms with Crippen LogP contribution in [0.5, 0.6) is 0 Å². The fraction of sp³-hybridized carbons (Fsp3) is 0.235. The maximum Gasteiger partial charge on any atom is 0.271 e. The molecular formula is C34H36N4O6S. The van der Waals surface area contributed by atoms with E-state index in [2.05, 4.69) is 5.32 Å². The molecule has 1 atom stereocenters. The van der Waals surface area contributed by atoms with Crippen molar-refractivity contribution < 1.29 is 22.9 Å². The number of nitrogens with zero attached hydrogens (tertiary/aromatic N) is 3. The van der Waals surface area contributed by atoms with Gasteiger partial charge in [-0.15, -0.1) is 0 Å². The zero-order chi connectivity index (χ0) is 32.6. The van der Waals surface area contributed by atoms with Crippen molar-refractivity contribution in [3.8, 4) is 0 Å². The number of anilines is 1. The number of hydrogen-bond acceptors (Lipinski definition) is 6. The SMILES string of the molecule is Cc1ccc(CN(C(=O)CN(c2cccc([N+](=O)[O-])c2)S(=O)(=O)c2ccccc2)[C@H](Cc2ccccc2)C(=O)NC(C)C)cc1. The lowest BCUT2D eigenvalue weighted by atomic mass is 10.0. The summed E-state index contributed by atoms with van der Waals surface area (Å²) >= 11 is 0. The quantitative estimate of drug-likeness (QED) is 0.159. The molecule has 4 rings (SSSR count). The van der Waals surface area contributed by atoms with Crippen molar-refractivity contribution in [3.05, 3.63) is 136 Å². The Morgan fingerprint density at radius 1 is 0.844 bits per heavy atom. The standard InChI is InChI=1S/C34H36N4O6S/c1-25(2)35-34(40)32(21-27-11-6-4-7-12-27)36(23-28-19-17-26(3)18-20-28)33(39)24-37(29-13-10-14-30(22-29)38(41)42)45(43,44)31-15-8-5-9-16-31/h4-20,22,25,32H,21,23-24H2,1-3H3,(H,35,40)/t32-/m1/s1. The zero-order valence-electron chi connectivity index (χ0n) is 25.4. The number of rotatable bonds is 13. The van der Waals surface area contributed by atoms with E-state index in [-0.39, 0.29) is 41.2 Å². The number of nitro benzene ring substituents is 1. The highest BCUT2D eigenvalue weighted by molar-refractivity contribution is 7.92. The number of hydrogen-bond donors (Lipinski definition) is 1. The van der Waals surface area contributed by atoms with Crippen molar-refractivity contribution in [3.63, 3.8) is 0 Å². The van der Waals surface area contributed by atoms with Gasteiger partial charge in [0, 0.05) is 31.1 Å². The molecule has 10 nitrogen and oxygen atoms in total. The number of carbonyl (C=O) groups is 2. The summed E-state index contributed by atoms with van der Waals surface area (Å²) in [6.07, 6.45) is 0.180. The molecule has 0 bridgehead atoms. The average Bonchev–Trinajstić information content (AvgIpc) is 3.02. The van der Waals surface area contributed by atoms with E-state index < -0.39 is 33.4 Å². The van der Waals surface area contributed by atoms with Crippen LogP contribution in [-0.4, -0.2) is 48.7 Å². The molecule has 45 heavy (non-hydrogen) atoms. The molecule has 0 saturated carbocycles. The molecule has 11 heteroatoms. The normalized spacial score (nSPS) is 11.9. The van der Waals surface area contributed by atoms with Crippen LogP contribution >= 0.6 is 0 Å². The summed E-state index contributed by atoms with van der Waals surface area (Å²) in [6.45, 7) is 4.90. The molecular weight excluding hydrogens is 592 g/mol. The number of nitrogens with one attached hydrogen (secondary N) is 1. The number of nitro groups is 1. The van der Waals surface area contributed by atoms with Crippen LogP contribution < -0.4 is 9.62 Å². The number of sulfonamides is 1. The van der Waals surface area contributed by atoms with Crippen LogP contribution in [0.2, 0.25) is 0 Å². The molecule has 0 spiro atoms. The Labute approximate surface area is 263 Å². The fourth-order valence-corrected chi connectivity index (χ4v) is 6.26. The highest BCUT2D eigenvalue weighted by Gasteiger charge is 2.35. The molecule has 0 radical (unpaired) electrons. The minimum atomic E-state index is -4.36. The van der Waals surface area contributed by atoms with Crippen molar-refractivity contribution >= 4 is 33.2 Å². The molecule has 4 aromatic carbocycles. The van der Waals surface area contributed by atoms with Gasteiger partial charge in [0.15, 0.2) is 0 Å². The Balaban J connectivity index is 1.82. The van der Waals surface area contributed by atoms with Crippen molar-refractivity contribution in [2.45, 2.75) is 50.7 Å². The Bertz CT molecular complexity index is 1730. The van der Waals surface area contributed by atoms with Crippen molar-refractivity contribution in [2.75, 3.05) is 10.8 Å². The Morgan fingerprint density at radius 3 is 2.07 bits per heavy atom. The number of amides is 2. The molecule has 0 unspecified atom stereocenters. The van der Waals surface area contributed by atoms with Crippen LogP contribution in [0.25, 0.3) is 0 Å². The van der Waals surface area contributed by atoms with Gasteiger partial charge in [-0.05, 0) is 50.1 Å². The van der Waals surface area contributed by atoms with E-state index in [0.29, 0.717) is 0 Å². The van der Waals surface area contributed by atoms with E-state index in [1.165, 1.54) is 35.2 Å². The van der Waals surface area contributed by atoms with Gasteiger partial charge < -0.3 is 10.2 Å².